The van der Waals surface area contributed by atoms with Crippen LogP contribution in [0.3, 0.4) is 0 Å². The van der Waals surface area contributed by atoms with E-state index in [2.05, 4.69) is 5.32 Å². The van der Waals surface area contributed by atoms with Crippen molar-refractivity contribution in [3.8, 4) is 0 Å². The number of hydrogen-bond acceptors (Lipinski definition) is 2. The van der Waals surface area contributed by atoms with Gasteiger partial charge in [-0.1, -0.05) is 12.1 Å². The minimum atomic E-state index is -4.62. The monoisotopic (exact) mass is 376 g/mol. The van der Waals surface area contributed by atoms with Crippen LogP contribution in [0, 0.1) is 6.92 Å². The Morgan fingerprint density at radius 1 is 1.04 bits per heavy atom. The number of amides is 2. The Bertz CT molecular complexity index is 872. The van der Waals surface area contributed by atoms with Gasteiger partial charge in [-0.15, -0.1) is 0 Å². The second-order valence-corrected chi connectivity index (χ2v) is 6.53. The molecule has 2 amide bonds. The number of alkyl halides is 3. The summed E-state index contributed by atoms with van der Waals surface area (Å²) >= 11 is 0. The standard InChI is InChI=1S/C20H19F3N2O2/c1-13-12-14(19(27)25-10-4-5-11-25)8-9-17(13)24-18(26)15-6-2-3-7-16(15)20(21,22)23/h2-3,6-9,12H,4-5,10-11H2,1H3,(H,24,26). The van der Waals surface area contributed by atoms with Crippen LogP contribution in [-0.2, 0) is 6.18 Å². The van der Waals surface area contributed by atoms with Gasteiger partial charge in [0.1, 0.15) is 0 Å². The highest BCUT2D eigenvalue weighted by atomic mass is 19.4. The molecular formula is C20H19F3N2O2. The van der Waals surface area contributed by atoms with Crippen LogP contribution in [0.5, 0.6) is 0 Å². The number of benzene rings is 2. The first-order valence-corrected chi connectivity index (χ1v) is 8.65. The van der Waals surface area contributed by atoms with Gasteiger partial charge < -0.3 is 10.2 Å². The zero-order chi connectivity index (χ0) is 19.6. The Hall–Kier alpha value is -2.83. The minimum Gasteiger partial charge on any atom is -0.339 e. The van der Waals surface area contributed by atoms with Crippen LogP contribution in [-0.4, -0.2) is 29.8 Å². The van der Waals surface area contributed by atoms with Crippen molar-refractivity contribution in [1.29, 1.82) is 0 Å². The number of anilines is 1. The van der Waals surface area contributed by atoms with E-state index in [-0.39, 0.29) is 5.91 Å². The summed E-state index contributed by atoms with van der Waals surface area (Å²) in [5.74, 6) is -0.916. The molecule has 0 spiro atoms. The largest absolute Gasteiger partial charge is 0.417 e. The third-order valence-corrected chi connectivity index (χ3v) is 4.59. The van der Waals surface area contributed by atoms with Gasteiger partial charge in [0.05, 0.1) is 11.1 Å². The van der Waals surface area contributed by atoms with Crippen LogP contribution in [0.1, 0.15) is 44.7 Å². The topological polar surface area (TPSA) is 49.4 Å². The van der Waals surface area contributed by atoms with Gasteiger partial charge in [0.2, 0.25) is 0 Å². The Labute approximate surface area is 155 Å². The van der Waals surface area contributed by atoms with E-state index < -0.39 is 23.2 Å². The molecule has 0 bridgehead atoms. The lowest BCUT2D eigenvalue weighted by Crippen LogP contribution is -2.27. The lowest BCUT2D eigenvalue weighted by Gasteiger charge is -2.17. The summed E-state index contributed by atoms with van der Waals surface area (Å²) in [5.41, 5.74) is 0.0542. The zero-order valence-corrected chi connectivity index (χ0v) is 14.8. The van der Waals surface area contributed by atoms with Crippen molar-refractivity contribution in [2.24, 2.45) is 0 Å². The molecular weight excluding hydrogens is 357 g/mol. The van der Waals surface area contributed by atoms with Gasteiger partial charge in [0.15, 0.2) is 0 Å². The molecule has 1 saturated heterocycles. The second-order valence-electron chi connectivity index (χ2n) is 6.53. The quantitative estimate of drug-likeness (QED) is 0.857. The molecule has 0 aliphatic carbocycles. The highest BCUT2D eigenvalue weighted by Crippen LogP contribution is 2.32. The van der Waals surface area contributed by atoms with Crippen LogP contribution >= 0.6 is 0 Å². The molecule has 1 heterocycles. The summed E-state index contributed by atoms with van der Waals surface area (Å²) in [5, 5.41) is 2.51. The van der Waals surface area contributed by atoms with E-state index in [4.69, 9.17) is 0 Å². The first kappa shape index (κ1) is 18.9. The average molecular weight is 376 g/mol. The van der Waals surface area contributed by atoms with Crippen molar-refractivity contribution in [3.05, 3.63) is 64.7 Å². The second kappa shape index (κ2) is 7.42. The van der Waals surface area contributed by atoms with Crippen LogP contribution in [0.2, 0.25) is 0 Å². The van der Waals surface area contributed by atoms with Gasteiger partial charge in [-0.3, -0.25) is 9.59 Å². The van der Waals surface area contributed by atoms with Crippen molar-refractivity contribution < 1.29 is 22.8 Å². The number of nitrogens with zero attached hydrogens (tertiary/aromatic N) is 1. The van der Waals surface area contributed by atoms with Gasteiger partial charge in [-0.2, -0.15) is 13.2 Å². The van der Waals surface area contributed by atoms with Gasteiger partial charge >= 0.3 is 6.18 Å². The fourth-order valence-corrected chi connectivity index (χ4v) is 3.16. The molecule has 0 aromatic heterocycles. The number of halogens is 3. The number of carbonyl (C=O) groups is 2. The highest BCUT2D eigenvalue weighted by molar-refractivity contribution is 6.06. The first-order valence-electron chi connectivity index (χ1n) is 8.65. The third kappa shape index (κ3) is 4.13. The first-order chi connectivity index (χ1) is 12.8. The predicted octanol–water partition coefficient (Wildman–Crippen LogP) is 4.50. The molecule has 3 rings (SSSR count). The minimum absolute atomic E-state index is 0.0732. The third-order valence-electron chi connectivity index (χ3n) is 4.59. The van der Waals surface area contributed by atoms with Gasteiger partial charge in [0, 0.05) is 24.3 Å². The number of rotatable bonds is 3. The zero-order valence-electron chi connectivity index (χ0n) is 14.8. The molecule has 7 heteroatoms. The van der Waals surface area contributed by atoms with Crippen molar-refractivity contribution in [3.63, 3.8) is 0 Å². The van der Waals surface area contributed by atoms with E-state index in [0.717, 1.165) is 38.1 Å². The maximum Gasteiger partial charge on any atom is 0.417 e. The summed E-state index contributed by atoms with van der Waals surface area (Å²) < 4.78 is 39.3. The van der Waals surface area contributed by atoms with Crippen LogP contribution in [0.4, 0.5) is 18.9 Å². The predicted molar refractivity (Wildman–Crippen MR) is 95.7 cm³/mol. The van der Waals surface area contributed by atoms with Crippen molar-refractivity contribution in [2.45, 2.75) is 25.9 Å². The molecule has 0 saturated carbocycles. The molecule has 2 aromatic carbocycles. The molecule has 1 fully saturated rings. The maximum absolute atomic E-state index is 13.1. The Morgan fingerprint density at radius 2 is 1.70 bits per heavy atom. The van der Waals surface area contributed by atoms with Crippen LogP contribution in [0.15, 0.2) is 42.5 Å². The fraction of sp³-hybridized carbons (Fsp3) is 0.300. The molecule has 1 N–H and O–H groups in total. The Balaban J connectivity index is 1.80. The SMILES string of the molecule is Cc1cc(C(=O)N2CCCC2)ccc1NC(=O)c1ccccc1C(F)(F)F. The Kier molecular flexibility index (Phi) is 5.21. The molecule has 4 nitrogen and oxygen atoms in total. The molecule has 1 aliphatic rings. The fourth-order valence-electron chi connectivity index (χ4n) is 3.16. The van der Waals surface area contributed by atoms with Crippen LogP contribution < -0.4 is 5.32 Å². The number of aryl methyl sites for hydroxylation is 1. The van der Waals surface area contributed by atoms with E-state index in [9.17, 15) is 22.8 Å². The number of nitrogens with one attached hydrogen (secondary N) is 1. The molecule has 2 aromatic rings. The van der Waals surface area contributed by atoms with E-state index in [0.29, 0.717) is 16.8 Å². The molecule has 142 valence electrons. The summed E-state index contributed by atoms with van der Waals surface area (Å²) in [6.45, 7) is 3.15. The number of carbonyl (C=O) groups excluding carboxylic acids is 2. The summed E-state index contributed by atoms with van der Waals surface area (Å²) in [7, 11) is 0. The van der Waals surface area contributed by atoms with Crippen molar-refractivity contribution in [2.75, 3.05) is 18.4 Å². The smallest absolute Gasteiger partial charge is 0.339 e. The molecule has 0 unspecified atom stereocenters. The van der Waals surface area contributed by atoms with Crippen LogP contribution in [0.25, 0.3) is 0 Å². The summed E-state index contributed by atoms with van der Waals surface area (Å²) in [6, 6.07) is 9.41. The van der Waals surface area contributed by atoms with E-state index in [1.165, 1.54) is 12.1 Å². The lowest BCUT2D eigenvalue weighted by molar-refractivity contribution is -0.137. The van der Waals surface area contributed by atoms with Crippen molar-refractivity contribution >= 4 is 17.5 Å². The van der Waals surface area contributed by atoms with E-state index >= 15 is 0 Å². The summed E-state index contributed by atoms with van der Waals surface area (Å²) in [6.07, 6.45) is -2.65. The van der Waals surface area contributed by atoms with Gasteiger partial charge in [-0.05, 0) is 55.7 Å². The molecule has 27 heavy (non-hydrogen) atoms. The number of likely N-dealkylation sites (tertiary alicyclic amines) is 1. The van der Waals surface area contributed by atoms with Gasteiger partial charge in [-0.25, -0.2) is 0 Å². The Morgan fingerprint density at radius 3 is 2.33 bits per heavy atom. The number of hydrogen-bond donors (Lipinski definition) is 1. The molecule has 0 atom stereocenters. The molecule has 0 radical (unpaired) electrons. The lowest BCUT2D eigenvalue weighted by atomic mass is 10.1. The molecule has 1 aliphatic heterocycles. The average Bonchev–Trinajstić information content (AvgIpc) is 3.16. The van der Waals surface area contributed by atoms with Crippen molar-refractivity contribution in [1.82, 2.24) is 4.90 Å². The normalized spacial score (nSPS) is 14.3. The van der Waals surface area contributed by atoms with E-state index in [1.54, 1.807) is 30.0 Å². The maximum atomic E-state index is 13.1. The highest BCUT2D eigenvalue weighted by Gasteiger charge is 2.34. The van der Waals surface area contributed by atoms with Gasteiger partial charge in [0.25, 0.3) is 11.8 Å². The summed E-state index contributed by atoms with van der Waals surface area (Å²) in [4.78, 5) is 26.6. The van der Waals surface area contributed by atoms with E-state index in [1.807, 2.05) is 0 Å².